The minimum absolute atomic E-state index is 0.000185. The maximum Gasteiger partial charge on any atom is 0.356 e. The van der Waals surface area contributed by atoms with Gasteiger partial charge in [-0.2, -0.15) is 0 Å². The number of fused-ring (bicyclic) bond motifs is 1. The molecule has 1 aromatic rings. The van der Waals surface area contributed by atoms with E-state index in [0.717, 1.165) is 12.7 Å². The van der Waals surface area contributed by atoms with Gasteiger partial charge < -0.3 is 9.67 Å². The summed E-state index contributed by atoms with van der Waals surface area (Å²) in [6.45, 7) is 2.69. The molecule has 7 heteroatoms. The molecule has 1 aliphatic heterocycles. The number of carbonyl (C=O) groups is 1. The Hall–Kier alpha value is -1.37. The largest absolute Gasteiger partial charge is 0.476 e. The second-order valence-electron chi connectivity index (χ2n) is 4.95. The third-order valence-corrected chi connectivity index (χ3v) is 3.92. The van der Waals surface area contributed by atoms with Gasteiger partial charge in [0.05, 0.1) is 5.69 Å². The van der Waals surface area contributed by atoms with Crippen LogP contribution in [-0.2, 0) is 28.6 Å². The third kappa shape index (κ3) is 2.55. The van der Waals surface area contributed by atoms with E-state index in [4.69, 9.17) is 5.11 Å². The lowest BCUT2D eigenvalue weighted by atomic mass is 9.97. The molecular weight excluding hydrogens is 256 g/mol. The van der Waals surface area contributed by atoms with Crippen LogP contribution in [0.2, 0.25) is 0 Å². The molecule has 0 saturated carbocycles. The minimum atomic E-state index is -3.21. The van der Waals surface area contributed by atoms with E-state index in [-0.39, 0.29) is 11.4 Å². The molecule has 18 heavy (non-hydrogen) atoms. The van der Waals surface area contributed by atoms with Crippen LogP contribution in [0.25, 0.3) is 0 Å². The fourth-order valence-electron chi connectivity index (χ4n) is 2.31. The molecule has 6 nitrogen and oxygen atoms in total. The van der Waals surface area contributed by atoms with E-state index >= 15 is 0 Å². The Morgan fingerprint density at radius 3 is 2.78 bits per heavy atom. The second kappa shape index (κ2) is 4.38. The van der Waals surface area contributed by atoms with Crippen LogP contribution in [0.3, 0.4) is 0 Å². The Balaban J connectivity index is 2.50. The van der Waals surface area contributed by atoms with Gasteiger partial charge in [-0.3, -0.25) is 0 Å². The van der Waals surface area contributed by atoms with Crippen LogP contribution < -0.4 is 0 Å². The molecule has 0 radical (unpaired) electrons. The average Bonchev–Trinajstić information content (AvgIpc) is 2.54. The quantitative estimate of drug-likeness (QED) is 0.875. The van der Waals surface area contributed by atoms with Crippen molar-refractivity contribution in [2.75, 3.05) is 6.26 Å². The Kier molecular flexibility index (Phi) is 3.18. The van der Waals surface area contributed by atoms with Crippen LogP contribution in [-0.4, -0.2) is 35.3 Å². The number of sulfone groups is 1. The lowest BCUT2D eigenvalue weighted by Gasteiger charge is -2.22. The number of imidazole rings is 1. The molecule has 1 N–H and O–H groups in total. The van der Waals surface area contributed by atoms with Crippen molar-refractivity contribution in [3.05, 3.63) is 17.2 Å². The van der Waals surface area contributed by atoms with Gasteiger partial charge in [0.25, 0.3) is 0 Å². The van der Waals surface area contributed by atoms with E-state index in [1.807, 2.05) is 0 Å². The van der Waals surface area contributed by atoms with E-state index in [2.05, 4.69) is 11.9 Å². The zero-order chi connectivity index (χ0) is 13.5. The number of aromatic nitrogens is 2. The first kappa shape index (κ1) is 13.1. The highest BCUT2D eigenvalue weighted by Crippen LogP contribution is 2.25. The Labute approximate surface area is 106 Å². The van der Waals surface area contributed by atoms with Crippen LogP contribution in [0, 0.1) is 5.92 Å². The first-order valence-electron chi connectivity index (χ1n) is 5.77. The number of aromatic carboxylic acids is 1. The maximum atomic E-state index is 11.3. The van der Waals surface area contributed by atoms with Crippen molar-refractivity contribution < 1.29 is 18.3 Å². The second-order valence-corrected chi connectivity index (χ2v) is 7.09. The number of carboxylic acid groups (broad SMARTS) is 1. The zero-order valence-electron chi connectivity index (χ0n) is 10.4. The van der Waals surface area contributed by atoms with Crippen LogP contribution in [0.4, 0.5) is 0 Å². The Bertz CT molecular complexity index is 588. The summed E-state index contributed by atoms with van der Waals surface area (Å²) in [5, 5.41) is 9.11. The summed E-state index contributed by atoms with van der Waals surface area (Å²) in [7, 11) is -3.21. The molecule has 2 heterocycles. The van der Waals surface area contributed by atoms with Gasteiger partial charge in [-0.15, -0.1) is 0 Å². The summed E-state index contributed by atoms with van der Waals surface area (Å²) in [5.74, 6) is -0.551. The summed E-state index contributed by atoms with van der Waals surface area (Å²) in [5.41, 5.74) is 0.653. The van der Waals surface area contributed by atoms with Gasteiger partial charge in [0.1, 0.15) is 11.6 Å². The zero-order valence-corrected chi connectivity index (χ0v) is 11.2. The smallest absolute Gasteiger partial charge is 0.356 e. The molecule has 0 aliphatic carbocycles. The van der Waals surface area contributed by atoms with Crippen molar-refractivity contribution in [2.45, 2.75) is 32.1 Å². The summed E-state index contributed by atoms with van der Waals surface area (Å²) >= 11 is 0. The average molecular weight is 272 g/mol. The van der Waals surface area contributed by atoms with E-state index < -0.39 is 15.8 Å². The molecule has 1 aliphatic rings. The van der Waals surface area contributed by atoms with E-state index in [9.17, 15) is 13.2 Å². The first-order valence-corrected chi connectivity index (χ1v) is 7.83. The number of carboxylic acids is 1. The van der Waals surface area contributed by atoms with Gasteiger partial charge in [-0.1, -0.05) is 6.92 Å². The van der Waals surface area contributed by atoms with Crippen molar-refractivity contribution >= 4 is 15.8 Å². The van der Waals surface area contributed by atoms with Gasteiger partial charge in [0.2, 0.25) is 0 Å². The van der Waals surface area contributed by atoms with Crippen LogP contribution in [0.5, 0.6) is 0 Å². The maximum absolute atomic E-state index is 11.3. The number of hydrogen-bond acceptors (Lipinski definition) is 4. The molecule has 1 unspecified atom stereocenters. The molecular formula is C11H16N2O4S. The molecule has 1 atom stereocenters. The summed E-state index contributed by atoms with van der Waals surface area (Å²) in [4.78, 5) is 15.1. The van der Waals surface area contributed by atoms with E-state index in [0.29, 0.717) is 30.4 Å². The standard InChI is InChI=1S/C11H16N2O4S/c1-7-3-4-13-8(5-7)10(11(14)15)12-9(13)6-18(2,16)17/h7H,3-6H2,1-2H3,(H,14,15). The lowest BCUT2D eigenvalue weighted by Crippen LogP contribution is -2.20. The van der Waals surface area contributed by atoms with Crippen molar-refractivity contribution in [2.24, 2.45) is 5.92 Å². The SMILES string of the molecule is CC1CCn2c(CS(C)(=O)=O)nc(C(=O)O)c2C1. The molecule has 2 rings (SSSR count). The van der Waals surface area contributed by atoms with Crippen LogP contribution in [0.1, 0.15) is 35.4 Å². The molecule has 100 valence electrons. The molecule has 0 bridgehead atoms. The van der Waals surface area contributed by atoms with Gasteiger partial charge in [0.15, 0.2) is 15.5 Å². The number of nitrogens with zero attached hydrogens (tertiary/aromatic N) is 2. The number of rotatable bonds is 3. The normalized spacial score (nSPS) is 19.6. The van der Waals surface area contributed by atoms with Crippen LogP contribution >= 0.6 is 0 Å². The van der Waals surface area contributed by atoms with Gasteiger partial charge in [0, 0.05) is 12.8 Å². The van der Waals surface area contributed by atoms with Crippen molar-refractivity contribution in [1.29, 1.82) is 0 Å². The molecule has 0 saturated heterocycles. The highest BCUT2D eigenvalue weighted by molar-refractivity contribution is 7.89. The van der Waals surface area contributed by atoms with Crippen molar-refractivity contribution in [1.82, 2.24) is 9.55 Å². The summed E-state index contributed by atoms with van der Waals surface area (Å²) in [6.07, 6.45) is 2.68. The minimum Gasteiger partial charge on any atom is -0.476 e. The van der Waals surface area contributed by atoms with Gasteiger partial charge in [-0.05, 0) is 18.8 Å². The Morgan fingerprint density at radius 1 is 1.56 bits per heavy atom. The molecule has 0 spiro atoms. The topological polar surface area (TPSA) is 89.3 Å². The highest BCUT2D eigenvalue weighted by atomic mass is 32.2. The highest BCUT2D eigenvalue weighted by Gasteiger charge is 2.27. The number of hydrogen-bond donors (Lipinski definition) is 1. The lowest BCUT2D eigenvalue weighted by molar-refractivity contribution is 0.0689. The van der Waals surface area contributed by atoms with Gasteiger partial charge >= 0.3 is 5.97 Å². The summed E-state index contributed by atoms with van der Waals surface area (Å²) in [6, 6.07) is 0. The van der Waals surface area contributed by atoms with Gasteiger partial charge in [-0.25, -0.2) is 18.2 Å². The first-order chi connectivity index (χ1) is 8.28. The molecule has 0 amide bonds. The fourth-order valence-corrected chi connectivity index (χ4v) is 3.00. The van der Waals surface area contributed by atoms with E-state index in [1.165, 1.54) is 0 Å². The predicted octanol–water partition coefficient (Wildman–Crippen LogP) is 0.708. The predicted molar refractivity (Wildman–Crippen MR) is 65.2 cm³/mol. The Morgan fingerprint density at radius 2 is 2.22 bits per heavy atom. The van der Waals surface area contributed by atoms with Crippen LogP contribution in [0.15, 0.2) is 0 Å². The molecule has 0 aromatic carbocycles. The summed E-state index contributed by atoms with van der Waals surface area (Å²) < 4.78 is 24.4. The van der Waals surface area contributed by atoms with Crippen molar-refractivity contribution in [3.63, 3.8) is 0 Å². The van der Waals surface area contributed by atoms with Crippen molar-refractivity contribution in [3.8, 4) is 0 Å². The molecule has 1 aromatic heterocycles. The fraction of sp³-hybridized carbons (Fsp3) is 0.636. The molecule has 0 fully saturated rings. The monoisotopic (exact) mass is 272 g/mol. The third-order valence-electron chi connectivity index (χ3n) is 3.13. The van der Waals surface area contributed by atoms with E-state index in [1.54, 1.807) is 4.57 Å².